The van der Waals surface area contributed by atoms with Crippen LogP contribution in [-0.4, -0.2) is 36.7 Å². The molecule has 116 valence electrons. The Labute approximate surface area is 124 Å². The molecule has 0 fully saturated rings. The lowest BCUT2D eigenvalue weighted by Crippen LogP contribution is -2.35. The standard InChI is InChI=1S/C15H21NO5/c1-11(15(19)16-8-4-7-14(17)18)21-10-12-5-3-6-13(9-12)20-2/h3,5-6,9,11H,4,7-8,10H2,1-2H3,(H,16,19)(H,17,18). The molecule has 1 unspecified atom stereocenters. The van der Waals surface area contributed by atoms with Gasteiger partial charge >= 0.3 is 5.97 Å². The average molecular weight is 295 g/mol. The molecule has 1 amide bonds. The summed E-state index contributed by atoms with van der Waals surface area (Å²) in [6.45, 7) is 2.30. The van der Waals surface area contributed by atoms with Crippen molar-refractivity contribution in [3.05, 3.63) is 29.8 Å². The molecule has 2 N–H and O–H groups in total. The Morgan fingerprint density at radius 1 is 1.38 bits per heavy atom. The normalized spacial score (nSPS) is 11.7. The van der Waals surface area contributed by atoms with Crippen LogP contribution in [0.25, 0.3) is 0 Å². The minimum Gasteiger partial charge on any atom is -0.497 e. The Balaban J connectivity index is 2.30. The highest BCUT2D eigenvalue weighted by atomic mass is 16.5. The zero-order valence-electron chi connectivity index (χ0n) is 12.3. The summed E-state index contributed by atoms with van der Waals surface area (Å²) >= 11 is 0. The number of amides is 1. The van der Waals surface area contributed by atoms with Crippen LogP contribution in [0.1, 0.15) is 25.3 Å². The Morgan fingerprint density at radius 3 is 2.81 bits per heavy atom. The van der Waals surface area contributed by atoms with Crippen molar-refractivity contribution in [3.63, 3.8) is 0 Å². The number of hydrogen-bond acceptors (Lipinski definition) is 4. The van der Waals surface area contributed by atoms with Gasteiger partial charge in [-0.25, -0.2) is 0 Å². The van der Waals surface area contributed by atoms with Crippen LogP contribution in [0.2, 0.25) is 0 Å². The van der Waals surface area contributed by atoms with Gasteiger partial charge in [-0.3, -0.25) is 9.59 Å². The highest BCUT2D eigenvalue weighted by Crippen LogP contribution is 2.13. The number of ether oxygens (including phenoxy) is 2. The van der Waals surface area contributed by atoms with E-state index < -0.39 is 12.1 Å². The number of carbonyl (C=O) groups excluding carboxylic acids is 1. The summed E-state index contributed by atoms with van der Waals surface area (Å²) < 4.78 is 10.6. The van der Waals surface area contributed by atoms with Crippen LogP contribution in [0.4, 0.5) is 0 Å². The number of carbonyl (C=O) groups is 2. The molecule has 1 aromatic carbocycles. The van der Waals surface area contributed by atoms with E-state index in [0.717, 1.165) is 11.3 Å². The maximum atomic E-state index is 11.7. The van der Waals surface area contributed by atoms with Gasteiger partial charge in [-0.05, 0) is 31.0 Å². The molecule has 0 aromatic heterocycles. The molecule has 0 aliphatic rings. The number of aliphatic carboxylic acids is 1. The molecule has 0 saturated heterocycles. The Hall–Kier alpha value is -2.08. The maximum Gasteiger partial charge on any atom is 0.303 e. The molecule has 0 spiro atoms. The molecule has 6 heteroatoms. The molecule has 1 atom stereocenters. The minimum absolute atomic E-state index is 0.0410. The third kappa shape index (κ3) is 6.76. The van der Waals surface area contributed by atoms with Gasteiger partial charge in [0.2, 0.25) is 5.91 Å². The molecular weight excluding hydrogens is 274 g/mol. The Bertz CT molecular complexity index is 475. The van der Waals surface area contributed by atoms with Crippen molar-refractivity contribution in [3.8, 4) is 5.75 Å². The summed E-state index contributed by atoms with van der Waals surface area (Å²) in [6, 6.07) is 7.42. The van der Waals surface area contributed by atoms with Crippen LogP contribution in [0.3, 0.4) is 0 Å². The smallest absolute Gasteiger partial charge is 0.303 e. The molecule has 0 saturated carbocycles. The van der Waals surface area contributed by atoms with Crippen molar-refractivity contribution < 1.29 is 24.2 Å². The molecular formula is C15H21NO5. The van der Waals surface area contributed by atoms with Crippen LogP contribution in [0, 0.1) is 0 Å². The number of nitrogens with one attached hydrogen (secondary N) is 1. The molecule has 0 bridgehead atoms. The summed E-state index contributed by atoms with van der Waals surface area (Å²) in [5.74, 6) is -0.378. The van der Waals surface area contributed by atoms with E-state index in [2.05, 4.69) is 5.32 Å². The first-order chi connectivity index (χ1) is 10.0. The first kappa shape index (κ1) is 17.0. The van der Waals surface area contributed by atoms with Crippen molar-refractivity contribution in [2.45, 2.75) is 32.5 Å². The second-order valence-corrected chi connectivity index (χ2v) is 4.59. The Morgan fingerprint density at radius 2 is 2.14 bits per heavy atom. The van der Waals surface area contributed by atoms with E-state index in [1.807, 2.05) is 24.3 Å². The molecule has 0 aliphatic heterocycles. The first-order valence-corrected chi connectivity index (χ1v) is 6.77. The van der Waals surface area contributed by atoms with Crippen LogP contribution >= 0.6 is 0 Å². The Kier molecular flexibility index (Phi) is 7.25. The van der Waals surface area contributed by atoms with Crippen molar-refractivity contribution in [2.24, 2.45) is 0 Å². The van der Waals surface area contributed by atoms with Gasteiger partial charge in [-0.15, -0.1) is 0 Å². The summed E-state index contributed by atoms with van der Waals surface area (Å²) in [5.41, 5.74) is 0.917. The van der Waals surface area contributed by atoms with E-state index >= 15 is 0 Å². The summed E-state index contributed by atoms with van der Waals surface area (Å²) in [4.78, 5) is 22.1. The van der Waals surface area contributed by atoms with Crippen molar-refractivity contribution in [1.29, 1.82) is 0 Å². The van der Waals surface area contributed by atoms with Gasteiger partial charge in [-0.1, -0.05) is 12.1 Å². The lowest BCUT2D eigenvalue weighted by atomic mass is 10.2. The molecule has 6 nitrogen and oxygen atoms in total. The molecule has 0 heterocycles. The number of hydrogen-bond donors (Lipinski definition) is 2. The third-order valence-corrected chi connectivity index (χ3v) is 2.87. The SMILES string of the molecule is COc1cccc(COC(C)C(=O)NCCCC(=O)O)c1. The van der Waals surface area contributed by atoms with Crippen LogP contribution in [0.5, 0.6) is 5.75 Å². The van der Waals surface area contributed by atoms with Crippen molar-refractivity contribution in [1.82, 2.24) is 5.32 Å². The van der Waals surface area contributed by atoms with E-state index in [4.69, 9.17) is 14.6 Å². The van der Waals surface area contributed by atoms with Gasteiger partial charge in [0.05, 0.1) is 13.7 Å². The first-order valence-electron chi connectivity index (χ1n) is 6.77. The van der Waals surface area contributed by atoms with Crippen molar-refractivity contribution >= 4 is 11.9 Å². The summed E-state index contributed by atoms with van der Waals surface area (Å²) in [6.07, 6.45) is -0.149. The molecule has 21 heavy (non-hydrogen) atoms. The fraction of sp³-hybridized carbons (Fsp3) is 0.467. The maximum absolute atomic E-state index is 11.7. The fourth-order valence-corrected chi connectivity index (χ4v) is 1.65. The van der Waals surface area contributed by atoms with E-state index in [1.54, 1.807) is 14.0 Å². The zero-order chi connectivity index (χ0) is 15.7. The zero-order valence-corrected chi connectivity index (χ0v) is 12.3. The number of methoxy groups -OCH3 is 1. The summed E-state index contributed by atoms with van der Waals surface area (Å²) in [7, 11) is 1.59. The lowest BCUT2D eigenvalue weighted by Gasteiger charge is -2.13. The van der Waals surface area contributed by atoms with E-state index in [1.165, 1.54) is 0 Å². The van der Waals surface area contributed by atoms with E-state index in [0.29, 0.717) is 19.6 Å². The average Bonchev–Trinajstić information content (AvgIpc) is 2.48. The van der Waals surface area contributed by atoms with Gasteiger partial charge in [0.15, 0.2) is 0 Å². The highest BCUT2D eigenvalue weighted by molar-refractivity contribution is 5.80. The number of carboxylic acid groups (broad SMARTS) is 1. The predicted molar refractivity (Wildman–Crippen MR) is 77.1 cm³/mol. The van der Waals surface area contributed by atoms with Gasteiger partial charge in [0, 0.05) is 13.0 Å². The second kappa shape index (κ2) is 8.97. The van der Waals surface area contributed by atoms with E-state index in [-0.39, 0.29) is 12.3 Å². The topological polar surface area (TPSA) is 84.9 Å². The number of carboxylic acids is 1. The largest absolute Gasteiger partial charge is 0.497 e. The lowest BCUT2D eigenvalue weighted by molar-refractivity contribution is -0.137. The summed E-state index contributed by atoms with van der Waals surface area (Å²) in [5, 5.41) is 11.1. The van der Waals surface area contributed by atoms with Gasteiger partial charge in [0.25, 0.3) is 0 Å². The monoisotopic (exact) mass is 295 g/mol. The van der Waals surface area contributed by atoms with Crippen LogP contribution < -0.4 is 10.1 Å². The molecule has 0 aliphatic carbocycles. The fourth-order valence-electron chi connectivity index (χ4n) is 1.65. The van der Waals surface area contributed by atoms with Gasteiger partial charge in [-0.2, -0.15) is 0 Å². The number of rotatable bonds is 9. The molecule has 0 radical (unpaired) electrons. The predicted octanol–water partition coefficient (Wildman–Crippen LogP) is 1.58. The second-order valence-electron chi connectivity index (χ2n) is 4.59. The molecule has 1 aromatic rings. The quantitative estimate of drug-likeness (QED) is 0.676. The van der Waals surface area contributed by atoms with Gasteiger partial charge < -0.3 is 19.9 Å². The molecule has 1 rings (SSSR count). The van der Waals surface area contributed by atoms with E-state index in [9.17, 15) is 9.59 Å². The highest BCUT2D eigenvalue weighted by Gasteiger charge is 2.13. The van der Waals surface area contributed by atoms with Crippen LogP contribution in [0.15, 0.2) is 24.3 Å². The minimum atomic E-state index is -0.869. The van der Waals surface area contributed by atoms with Gasteiger partial charge in [0.1, 0.15) is 11.9 Å². The number of benzene rings is 1. The third-order valence-electron chi connectivity index (χ3n) is 2.87. The van der Waals surface area contributed by atoms with Crippen molar-refractivity contribution in [2.75, 3.05) is 13.7 Å². The van der Waals surface area contributed by atoms with Crippen LogP contribution in [-0.2, 0) is 20.9 Å².